The number of unbranched alkanes of at least 4 members (excludes halogenated alkanes) is 3. The third-order valence-electron chi connectivity index (χ3n) is 7.10. The fourth-order valence-electron chi connectivity index (χ4n) is 4.61. The number of ether oxygens (including phenoxy) is 2. The topological polar surface area (TPSA) is 132 Å². The smallest absolute Gasteiger partial charge is 0.255 e. The van der Waals surface area contributed by atoms with E-state index in [0.29, 0.717) is 55.4 Å². The molecule has 1 aromatic heterocycles. The Morgan fingerprint density at radius 2 is 1.70 bits per heavy atom. The van der Waals surface area contributed by atoms with Gasteiger partial charge in [0, 0.05) is 35.7 Å². The van der Waals surface area contributed by atoms with Crippen molar-refractivity contribution in [2.45, 2.75) is 49.2 Å². The van der Waals surface area contributed by atoms with Crippen LogP contribution >= 0.6 is 23.3 Å². The molecule has 3 aromatic carbocycles. The maximum absolute atomic E-state index is 12.9. The number of benzene rings is 3. The Labute approximate surface area is 279 Å². The van der Waals surface area contributed by atoms with Crippen molar-refractivity contribution < 1.29 is 29.6 Å². The first-order valence-electron chi connectivity index (χ1n) is 15.5. The van der Waals surface area contributed by atoms with Crippen LogP contribution in [0.4, 0.5) is 11.4 Å². The second-order valence-electron chi connectivity index (χ2n) is 10.7. The van der Waals surface area contributed by atoms with E-state index in [2.05, 4.69) is 15.4 Å². The normalized spacial score (nSPS) is 11.8. The Morgan fingerprint density at radius 3 is 2.54 bits per heavy atom. The second-order valence-corrected chi connectivity index (χ2v) is 12.8. The standard InChI is InChI=1S/C35H43N3O6S2/c39-24-29-21-27(13-14-32(29)40)33(41)23-36-15-3-1-2-4-16-43-17-18-44-25-26-8-5-10-30(20-26)37-35(42)28-9-6-11-31(22-28)38-46-34-12-7-19-45-34/h5-14,19-22,33,36,38-41H,1-4,15-18,23-25H2,(H,37,42)/t33-/m0/s1. The third-order valence-corrected chi connectivity index (χ3v) is 8.98. The van der Waals surface area contributed by atoms with Crippen LogP contribution in [-0.2, 0) is 22.7 Å². The Morgan fingerprint density at radius 1 is 0.870 bits per heavy atom. The predicted octanol–water partition coefficient (Wildman–Crippen LogP) is 6.73. The van der Waals surface area contributed by atoms with Gasteiger partial charge < -0.3 is 40.1 Å². The Kier molecular flexibility index (Phi) is 15.4. The number of rotatable bonds is 21. The number of aliphatic hydroxyl groups excluding tert-OH is 2. The molecule has 246 valence electrons. The lowest BCUT2D eigenvalue weighted by molar-refractivity contribution is 0.0393. The van der Waals surface area contributed by atoms with Gasteiger partial charge >= 0.3 is 0 Å². The molecule has 0 aliphatic carbocycles. The number of anilines is 2. The van der Waals surface area contributed by atoms with Gasteiger partial charge in [0.25, 0.3) is 5.91 Å². The fourth-order valence-corrected chi connectivity index (χ4v) is 6.03. The maximum Gasteiger partial charge on any atom is 0.255 e. The van der Waals surface area contributed by atoms with Gasteiger partial charge in [0.1, 0.15) is 5.75 Å². The monoisotopic (exact) mass is 665 g/mol. The predicted molar refractivity (Wildman–Crippen MR) is 185 cm³/mol. The Hall–Kier alpha value is -3.42. The van der Waals surface area contributed by atoms with Crippen molar-refractivity contribution >= 4 is 40.6 Å². The van der Waals surface area contributed by atoms with Crippen LogP contribution in [0.15, 0.2) is 88.5 Å². The molecule has 0 bridgehead atoms. The van der Waals surface area contributed by atoms with E-state index in [1.165, 1.54) is 18.0 Å². The molecule has 46 heavy (non-hydrogen) atoms. The minimum Gasteiger partial charge on any atom is -0.508 e. The number of aromatic hydroxyl groups is 1. The van der Waals surface area contributed by atoms with Crippen molar-refractivity contribution in [1.29, 1.82) is 0 Å². The number of carbonyl (C=O) groups is 1. The first-order valence-corrected chi connectivity index (χ1v) is 17.1. The molecule has 0 radical (unpaired) electrons. The van der Waals surface area contributed by atoms with E-state index < -0.39 is 6.10 Å². The highest BCUT2D eigenvalue weighted by Crippen LogP contribution is 2.26. The van der Waals surface area contributed by atoms with Gasteiger partial charge in [-0.2, -0.15) is 0 Å². The summed E-state index contributed by atoms with van der Waals surface area (Å²) in [5, 5.41) is 37.5. The van der Waals surface area contributed by atoms with Crippen molar-refractivity contribution in [2.24, 2.45) is 0 Å². The van der Waals surface area contributed by atoms with Crippen molar-refractivity contribution in [3.63, 3.8) is 0 Å². The SMILES string of the molecule is O=C(Nc1cccc(COCCOCCCCCCNC[C@H](O)c2ccc(O)c(CO)c2)c1)c1cccc(NSc2cccs2)c1. The molecule has 1 heterocycles. The largest absolute Gasteiger partial charge is 0.508 e. The van der Waals surface area contributed by atoms with Crippen LogP contribution in [0, 0.1) is 0 Å². The first kappa shape index (κ1) is 35.4. The molecule has 1 amide bonds. The van der Waals surface area contributed by atoms with Gasteiger partial charge in [-0.1, -0.05) is 43.2 Å². The second kappa shape index (κ2) is 20.0. The van der Waals surface area contributed by atoms with Crippen molar-refractivity contribution in [1.82, 2.24) is 5.32 Å². The van der Waals surface area contributed by atoms with Crippen LogP contribution in [0.5, 0.6) is 5.75 Å². The fraction of sp³-hybridized carbons (Fsp3) is 0.343. The van der Waals surface area contributed by atoms with Crippen molar-refractivity contribution in [2.75, 3.05) is 42.9 Å². The summed E-state index contributed by atoms with van der Waals surface area (Å²) in [5.41, 5.74) is 4.21. The molecule has 0 spiro atoms. The number of amides is 1. The summed E-state index contributed by atoms with van der Waals surface area (Å²) in [6.07, 6.45) is 3.43. The average molecular weight is 666 g/mol. The summed E-state index contributed by atoms with van der Waals surface area (Å²) in [7, 11) is 0. The highest BCUT2D eigenvalue weighted by Gasteiger charge is 2.10. The number of nitrogens with one attached hydrogen (secondary N) is 3. The van der Waals surface area contributed by atoms with E-state index in [1.54, 1.807) is 29.5 Å². The van der Waals surface area contributed by atoms with Crippen molar-refractivity contribution in [3.05, 3.63) is 106 Å². The summed E-state index contributed by atoms with van der Waals surface area (Å²) in [6.45, 7) is 3.10. The van der Waals surface area contributed by atoms with Crippen LogP contribution in [0.2, 0.25) is 0 Å². The van der Waals surface area contributed by atoms with Crippen LogP contribution in [0.3, 0.4) is 0 Å². The van der Waals surface area contributed by atoms with E-state index in [9.17, 15) is 20.1 Å². The number of aliphatic hydroxyl groups is 2. The quantitative estimate of drug-likeness (QED) is 0.0423. The zero-order chi connectivity index (χ0) is 32.4. The Bertz CT molecular complexity index is 1470. The first-order chi connectivity index (χ1) is 22.5. The highest BCUT2D eigenvalue weighted by atomic mass is 32.2. The number of hydrogen-bond acceptors (Lipinski definition) is 10. The molecule has 0 fully saturated rings. The molecule has 0 aliphatic rings. The molecule has 6 N–H and O–H groups in total. The molecule has 1 atom stereocenters. The number of hydrogen-bond donors (Lipinski definition) is 6. The van der Waals surface area contributed by atoms with E-state index >= 15 is 0 Å². The van der Waals surface area contributed by atoms with E-state index in [4.69, 9.17) is 9.47 Å². The average Bonchev–Trinajstić information content (AvgIpc) is 3.60. The minimum atomic E-state index is -0.691. The van der Waals surface area contributed by atoms with E-state index in [0.717, 1.165) is 47.7 Å². The van der Waals surface area contributed by atoms with Crippen LogP contribution in [0.1, 0.15) is 58.8 Å². The molecular weight excluding hydrogens is 623 g/mol. The van der Waals surface area contributed by atoms with Gasteiger partial charge in [0.05, 0.1) is 36.7 Å². The van der Waals surface area contributed by atoms with Gasteiger partial charge in [0.15, 0.2) is 0 Å². The molecule has 0 aliphatic heterocycles. The van der Waals surface area contributed by atoms with Gasteiger partial charge in [-0.15, -0.1) is 11.3 Å². The molecule has 0 saturated carbocycles. The van der Waals surface area contributed by atoms with E-state index in [-0.39, 0.29) is 18.3 Å². The molecule has 9 nitrogen and oxygen atoms in total. The zero-order valence-electron chi connectivity index (χ0n) is 25.8. The summed E-state index contributed by atoms with van der Waals surface area (Å²) >= 11 is 3.18. The number of thiophene rings is 1. The maximum atomic E-state index is 12.9. The number of phenols is 1. The van der Waals surface area contributed by atoms with Crippen LogP contribution in [0.25, 0.3) is 0 Å². The minimum absolute atomic E-state index is 0.0315. The van der Waals surface area contributed by atoms with Crippen LogP contribution < -0.4 is 15.4 Å². The molecule has 4 aromatic rings. The summed E-state index contributed by atoms with van der Waals surface area (Å²) in [5.74, 6) is -0.140. The Balaban J connectivity index is 1.01. The number of carbonyl (C=O) groups excluding carboxylic acids is 1. The molecular formula is C35H43N3O6S2. The van der Waals surface area contributed by atoms with Gasteiger partial charge in [-0.3, -0.25) is 4.79 Å². The van der Waals surface area contributed by atoms with E-state index in [1.807, 2.05) is 60.0 Å². The summed E-state index contributed by atoms with van der Waals surface area (Å²) < 4.78 is 15.9. The van der Waals surface area contributed by atoms with Crippen molar-refractivity contribution in [3.8, 4) is 5.75 Å². The molecule has 11 heteroatoms. The third kappa shape index (κ3) is 12.4. The van der Waals surface area contributed by atoms with Gasteiger partial charge in [0.2, 0.25) is 0 Å². The van der Waals surface area contributed by atoms with Gasteiger partial charge in [-0.05, 0) is 96.4 Å². The molecule has 0 unspecified atom stereocenters. The lowest BCUT2D eigenvalue weighted by Gasteiger charge is -2.14. The molecule has 4 rings (SSSR count). The summed E-state index contributed by atoms with van der Waals surface area (Å²) in [4.78, 5) is 12.9. The lowest BCUT2D eigenvalue weighted by atomic mass is 10.1. The van der Waals surface area contributed by atoms with Gasteiger partial charge in [-0.25, -0.2) is 0 Å². The lowest BCUT2D eigenvalue weighted by Crippen LogP contribution is -2.22. The zero-order valence-corrected chi connectivity index (χ0v) is 27.5. The highest BCUT2D eigenvalue weighted by molar-refractivity contribution is 8.02. The molecule has 0 saturated heterocycles. The summed E-state index contributed by atoms with van der Waals surface area (Å²) in [6, 6.07) is 23.9. The van der Waals surface area contributed by atoms with Crippen LogP contribution in [-0.4, -0.2) is 54.1 Å².